The van der Waals surface area contributed by atoms with E-state index in [1.807, 2.05) is 24.3 Å². The maximum atomic E-state index is 10.8. The van der Waals surface area contributed by atoms with Gasteiger partial charge in [-0.1, -0.05) is 23.7 Å². The number of hydrogen-bond donors (Lipinski definition) is 3. The fraction of sp³-hybridized carbons (Fsp3) is 0.417. The number of halogens is 1. The van der Waals surface area contributed by atoms with Crippen LogP contribution in [0.25, 0.3) is 0 Å². The molecule has 1 aromatic carbocycles. The molecule has 0 radical (unpaired) electrons. The van der Waals surface area contributed by atoms with E-state index in [2.05, 4.69) is 10.6 Å². The lowest BCUT2D eigenvalue weighted by molar-refractivity contribution is -0.139. The molecule has 92 valence electrons. The minimum Gasteiger partial charge on any atom is -0.481 e. The predicted octanol–water partition coefficient (Wildman–Crippen LogP) is 1.25. The lowest BCUT2D eigenvalue weighted by atomic mass is 9.88. The molecule has 0 bridgehead atoms. The van der Waals surface area contributed by atoms with Crippen LogP contribution in [0.3, 0.4) is 0 Å². The van der Waals surface area contributed by atoms with Crippen LogP contribution in [0.5, 0.6) is 0 Å². The largest absolute Gasteiger partial charge is 0.481 e. The summed E-state index contributed by atoms with van der Waals surface area (Å²) in [4.78, 5) is 10.8. The summed E-state index contributed by atoms with van der Waals surface area (Å²) in [5, 5.41) is 16.0. The van der Waals surface area contributed by atoms with Crippen LogP contribution < -0.4 is 10.6 Å². The molecule has 1 aliphatic heterocycles. The summed E-state index contributed by atoms with van der Waals surface area (Å²) in [5.74, 6) is -0.768. The first kappa shape index (κ1) is 12.4. The SMILES string of the molecule is O=C(O)CC1(NCc2ccc(Cl)cc2)CNC1. The molecule has 17 heavy (non-hydrogen) atoms. The molecule has 1 heterocycles. The van der Waals surface area contributed by atoms with Gasteiger partial charge < -0.3 is 15.7 Å². The van der Waals surface area contributed by atoms with E-state index in [9.17, 15) is 4.79 Å². The fourth-order valence-corrected chi connectivity index (χ4v) is 2.05. The molecular weight excluding hydrogens is 240 g/mol. The molecule has 1 saturated heterocycles. The lowest BCUT2D eigenvalue weighted by Crippen LogP contribution is -2.68. The summed E-state index contributed by atoms with van der Waals surface area (Å²) in [6.07, 6.45) is 0.146. The van der Waals surface area contributed by atoms with Gasteiger partial charge in [-0.05, 0) is 17.7 Å². The minimum atomic E-state index is -0.768. The monoisotopic (exact) mass is 254 g/mol. The first-order valence-electron chi connectivity index (χ1n) is 5.52. The molecule has 0 saturated carbocycles. The predicted molar refractivity (Wildman–Crippen MR) is 66.1 cm³/mol. The molecule has 0 aliphatic carbocycles. The van der Waals surface area contributed by atoms with E-state index in [1.54, 1.807) is 0 Å². The Morgan fingerprint density at radius 3 is 2.53 bits per heavy atom. The van der Waals surface area contributed by atoms with Crippen molar-refractivity contribution in [1.82, 2.24) is 10.6 Å². The van der Waals surface area contributed by atoms with Gasteiger partial charge in [0.1, 0.15) is 0 Å². The topological polar surface area (TPSA) is 61.4 Å². The number of carbonyl (C=O) groups is 1. The summed E-state index contributed by atoms with van der Waals surface area (Å²) in [6.45, 7) is 2.06. The standard InChI is InChI=1S/C12H15ClN2O2/c13-10-3-1-9(2-4-10)6-15-12(5-11(16)17)7-14-8-12/h1-4,14-15H,5-8H2,(H,16,17). The van der Waals surface area contributed by atoms with Crippen molar-refractivity contribution < 1.29 is 9.90 Å². The van der Waals surface area contributed by atoms with Crippen molar-refractivity contribution in [3.8, 4) is 0 Å². The Morgan fingerprint density at radius 1 is 1.41 bits per heavy atom. The number of aliphatic carboxylic acids is 1. The normalized spacial score (nSPS) is 17.5. The van der Waals surface area contributed by atoms with Crippen LogP contribution in [-0.2, 0) is 11.3 Å². The average Bonchev–Trinajstić information content (AvgIpc) is 2.23. The Balaban J connectivity index is 1.92. The van der Waals surface area contributed by atoms with E-state index in [4.69, 9.17) is 16.7 Å². The summed E-state index contributed by atoms with van der Waals surface area (Å²) in [5.41, 5.74) is 0.803. The summed E-state index contributed by atoms with van der Waals surface area (Å²) >= 11 is 5.80. The van der Waals surface area contributed by atoms with Gasteiger partial charge in [-0.3, -0.25) is 4.79 Å². The highest BCUT2D eigenvalue weighted by molar-refractivity contribution is 6.30. The van der Waals surface area contributed by atoms with Crippen LogP contribution in [0.1, 0.15) is 12.0 Å². The lowest BCUT2D eigenvalue weighted by Gasteiger charge is -2.42. The smallest absolute Gasteiger partial charge is 0.305 e. The highest BCUT2D eigenvalue weighted by atomic mass is 35.5. The summed E-state index contributed by atoms with van der Waals surface area (Å²) < 4.78 is 0. The van der Waals surface area contributed by atoms with Gasteiger partial charge >= 0.3 is 5.97 Å². The van der Waals surface area contributed by atoms with Gasteiger partial charge in [0.25, 0.3) is 0 Å². The van der Waals surface area contributed by atoms with Gasteiger partial charge in [-0.25, -0.2) is 0 Å². The van der Waals surface area contributed by atoms with E-state index in [0.717, 1.165) is 5.56 Å². The Labute approximate surface area is 105 Å². The molecule has 0 spiro atoms. The zero-order chi connectivity index (χ0) is 12.3. The molecule has 0 atom stereocenters. The van der Waals surface area contributed by atoms with Gasteiger partial charge in [0.2, 0.25) is 0 Å². The first-order chi connectivity index (χ1) is 8.10. The zero-order valence-corrected chi connectivity index (χ0v) is 10.1. The quantitative estimate of drug-likeness (QED) is 0.740. The number of hydrogen-bond acceptors (Lipinski definition) is 3. The molecule has 5 heteroatoms. The highest BCUT2D eigenvalue weighted by Gasteiger charge is 2.38. The van der Waals surface area contributed by atoms with E-state index < -0.39 is 5.97 Å². The van der Waals surface area contributed by atoms with Crippen molar-refractivity contribution in [2.24, 2.45) is 0 Å². The molecule has 0 unspecified atom stereocenters. The van der Waals surface area contributed by atoms with Crippen LogP contribution in [-0.4, -0.2) is 29.7 Å². The van der Waals surface area contributed by atoms with Crippen molar-refractivity contribution in [3.05, 3.63) is 34.9 Å². The maximum Gasteiger partial charge on any atom is 0.305 e. The van der Waals surface area contributed by atoms with Crippen LogP contribution in [0.15, 0.2) is 24.3 Å². The van der Waals surface area contributed by atoms with Crippen molar-refractivity contribution in [3.63, 3.8) is 0 Å². The van der Waals surface area contributed by atoms with Gasteiger partial charge in [0, 0.05) is 24.7 Å². The molecule has 1 aliphatic rings. The van der Waals surface area contributed by atoms with Gasteiger partial charge in [0.05, 0.1) is 12.0 Å². The first-order valence-corrected chi connectivity index (χ1v) is 5.89. The second kappa shape index (κ2) is 5.04. The molecule has 0 aromatic heterocycles. The van der Waals surface area contributed by atoms with Gasteiger partial charge in [-0.2, -0.15) is 0 Å². The molecule has 1 fully saturated rings. The number of nitrogens with one attached hydrogen (secondary N) is 2. The Hall–Kier alpha value is -1.10. The number of benzene rings is 1. The Kier molecular flexibility index (Phi) is 3.66. The zero-order valence-electron chi connectivity index (χ0n) is 9.37. The van der Waals surface area contributed by atoms with E-state index in [1.165, 1.54) is 0 Å². The molecule has 3 N–H and O–H groups in total. The van der Waals surface area contributed by atoms with E-state index >= 15 is 0 Å². The number of rotatable bonds is 5. The van der Waals surface area contributed by atoms with Crippen molar-refractivity contribution in [1.29, 1.82) is 0 Å². The third-order valence-corrected chi connectivity index (χ3v) is 3.25. The van der Waals surface area contributed by atoms with E-state index in [-0.39, 0.29) is 12.0 Å². The molecule has 0 amide bonds. The molecular formula is C12H15ClN2O2. The van der Waals surface area contributed by atoms with Crippen molar-refractivity contribution in [2.45, 2.75) is 18.5 Å². The fourth-order valence-electron chi connectivity index (χ4n) is 1.92. The van der Waals surface area contributed by atoms with Crippen LogP contribution in [0, 0.1) is 0 Å². The second-order valence-corrected chi connectivity index (χ2v) is 4.87. The maximum absolute atomic E-state index is 10.8. The molecule has 4 nitrogen and oxygen atoms in total. The molecule has 1 aromatic rings. The minimum absolute atomic E-state index is 0.146. The summed E-state index contributed by atoms with van der Waals surface area (Å²) in [7, 11) is 0. The average molecular weight is 255 g/mol. The molecule has 2 rings (SSSR count). The number of carboxylic acid groups (broad SMARTS) is 1. The third-order valence-electron chi connectivity index (χ3n) is 3.00. The van der Waals surface area contributed by atoms with Gasteiger partial charge in [0.15, 0.2) is 0 Å². The van der Waals surface area contributed by atoms with Crippen LogP contribution in [0.4, 0.5) is 0 Å². The van der Waals surface area contributed by atoms with Crippen molar-refractivity contribution >= 4 is 17.6 Å². The highest BCUT2D eigenvalue weighted by Crippen LogP contribution is 2.17. The summed E-state index contributed by atoms with van der Waals surface area (Å²) in [6, 6.07) is 7.55. The van der Waals surface area contributed by atoms with Crippen LogP contribution in [0.2, 0.25) is 5.02 Å². The number of carboxylic acids is 1. The van der Waals surface area contributed by atoms with Gasteiger partial charge in [-0.15, -0.1) is 0 Å². The van der Waals surface area contributed by atoms with E-state index in [0.29, 0.717) is 24.7 Å². The Bertz CT molecular complexity index is 401. The van der Waals surface area contributed by atoms with Crippen molar-refractivity contribution in [2.75, 3.05) is 13.1 Å². The third kappa shape index (κ3) is 3.19. The Morgan fingerprint density at radius 2 is 2.06 bits per heavy atom. The van der Waals surface area contributed by atoms with Crippen LogP contribution >= 0.6 is 11.6 Å². The second-order valence-electron chi connectivity index (χ2n) is 4.43.